The Bertz CT molecular complexity index is 499. The Labute approximate surface area is 102 Å². The van der Waals surface area contributed by atoms with E-state index in [0.717, 1.165) is 10.6 Å². The molecule has 17 heavy (non-hydrogen) atoms. The van der Waals surface area contributed by atoms with Crippen LogP contribution in [0.2, 0.25) is 0 Å². The van der Waals surface area contributed by atoms with E-state index < -0.39 is 5.97 Å². The Morgan fingerprint density at radius 3 is 3.06 bits per heavy atom. The monoisotopic (exact) mass is 249 g/mol. The molecule has 2 aromatic heterocycles. The third-order valence-corrected chi connectivity index (χ3v) is 2.94. The van der Waals surface area contributed by atoms with Crippen molar-refractivity contribution in [2.75, 3.05) is 11.9 Å². The van der Waals surface area contributed by atoms with E-state index in [2.05, 4.69) is 15.3 Å². The van der Waals surface area contributed by atoms with E-state index in [0.29, 0.717) is 12.5 Å². The van der Waals surface area contributed by atoms with Crippen LogP contribution in [0.15, 0.2) is 29.8 Å². The lowest BCUT2D eigenvalue weighted by atomic mass is 10.3. The minimum Gasteiger partial charge on any atom is -0.481 e. The molecule has 0 bridgehead atoms. The molecule has 0 atom stereocenters. The molecule has 2 heterocycles. The van der Waals surface area contributed by atoms with Crippen LogP contribution in [0, 0.1) is 0 Å². The van der Waals surface area contributed by atoms with Gasteiger partial charge in [-0.1, -0.05) is 6.07 Å². The second-order valence-corrected chi connectivity index (χ2v) is 4.26. The largest absolute Gasteiger partial charge is 0.481 e. The van der Waals surface area contributed by atoms with Gasteiger partial charge in [-0.25, -0.2) is 9.97 Å². The van der Waals surface area contributed by atoms with Gasteiger partial charge in [0, 0.05) is 12.7 Å². The number of carboxylic acids is 1. The molecule has 5 nitrogen and oxygen atoms in total. The molecule has 0 amide bonds. The van der Waals surface area contributed by atoms with Crippen molar-refractivity contribution in [3.63, 3.8) is 0 Å². The lowest BCUT2D eigenvalue weighted by molar-refractivity contribution is -0.136. The zero-order valence-corrected chi connectivity index (χ0v) is 9.78. The fraction of sp³-hybridized carbons (Fsp3) is 0.182. The lowest BCUT2D eigenvalue weighted by Gasteiger charge is -2.03. The molecule has 0 unspecified atom stereocenters. The summed E-state index contributed by atoms with van der Waals surface area (Å²) < 4.78 is 0. The van der Waals surface area contributed by atoms with Crippen molar-refractivity contribution in [2.45, 2.75) is 6.42 Å². The molecule has 0 saturated heterocycles. The first kappa shape index (κ1) is 11.5. The molecule has 0 aliphatic heterocycles. The molecule has 2 aromatic rings. The van der Waals surface area contributed by atoms with E-state index in [4.69, 9.17) is 5.11 Å². The fourth-order valence-corrected chi connectivity index (χ4v) is 1.98. The zero-order valence-electron chi connectivity index (χ0n) is 8.96. The summed E-state index contributed by atoms with van der Waals surface area (Å²) in [6, 6.07) is 5.77. The first-order valence-corrected chi connectivity index (χ1v) is 5.96. The summed E-state index contributed by atoms with van der Waals surface area (Å²) in [4.78, 5) is 19.8. The number of nitrogens with zero attached hydrogens (tertiary/aromatic N) is 2. The average molecular weight is 249 g/mol. The smallest absolute Gasteiger partial charge is 0.305 e. The third kappa shape index (κ3) is 3.25. The second-order valence-electron chi connectivity index (χ2n) is 3.31. The molecule has 88 valence electrons. The van der Waals surface area contributed by atoms with Gasteiger partial charge in [0.05, 0.1) is 17.0 Å². The van der Waals surface area contributed by atoms with Gasteiger partial charge in [-0.05, 0) is 17.5 Å². The Morgan fingerprint density at radius 2 is 2.35 bits per heavy atom. The number of anilines is 1. The highest BCUT2D eigenvalue weighted by Crippen LogP contribution is 2.22. The molecule has 0 radical (unpaired) electrons. The van der Waals surface area contributed by atoms with Crippen LogP contribution in [0.4, 0.5) is 5.95 Å². The van der Waals surface area contributed by atoms with Crippen LogP contribution >= 0.6 is 11.3 Å². The van der Waals surface area contributed by atoms with Crippen LogP contribution in [-0.2, 0) is 4.79 Å². The van der Waals surface area contributed by atoms with Gasteiger partial charge in [0.15, 0.2) is 0 Å². The molecule has 6 heteroatoms. The van der Waals surface area contributed by atoms with Crippen molar-refractivity contribution in [2.24, 2.45) is 0 Å². The summed E-state index contributed by atoms with van der Waals surface area (Å²) >= 11 is 1.60. The van der Waals surface area contributed by atoms with Gasteiger partial charge in [-0.15, -0.1) is 11.3 Å². The highest BCUT2D eigenvalue weighted by molar-refractivity contribution is 7.13. The van der Waals surface area contributed by atoms with E-state index in [-0.39, 0.29) is 6.42 Å². The minimum absolute atomic E-state index is 0.0482. The number of aliphatic carboxylic acids is 1. The first-order chi connectivity index (χ1) is 8.25. The molecule has 0 spiro atoms. The van der Waals surface area contributed by atoms with Crippen LogP contribution in [0.3, 0.4) is 0 Å². The zero-order chi connectivity index (χ0) is 12.1. The van der Waals surface area contributed by atoms with Crippen LogP contribution in [0.1, 0.15) is 6.42 Å². The van der Waals surface area contributed by atoms with Gasteiger partial charge in [-0.2, -0.15) is 0 Å². The van der Waals surface area contributed by atoms with Crippen molar-refractivity contribution in [1.82, 2.24) is 9.97 Å². The predicted octanol–water partition coefficient (Wildman–Crippen LogP) is 2.09. The van der Waals surface area contributed by atoms with Crippen LogP contribution in [0.25, 0.3) is 10.6 Å². The highest BCUT2D eigenvalue weighted by Gasteiger charge is 2.03. The summed E-state index contributed by atoms with van der Waals surface area (Å²) in [6.45, 7) is 0.323. The maximum Gasteiger partial charge on any atom is 0.305 e. The number of thiophene rings is 1. The van der Waals surface area contributed by atoms with Gasteiger partial charge in [0.2, 0.25) is 5.95 Å². The normalized spacial score (nSPS) is 10.1. The maximum atomic E-state index is 10.4. The summed E-state index contributed by atoms with van der Waals surface area (Å²) in [5.41, 5.74) is 0.841. The number of rotatable bonds is 5. The van der Waals surface area contributed by atoms with E-state index in [1.165, 1.54) is 0 Å². The molecular formula is C11H11N3O2S. The average Bonchev–Trinajstić information content (AvgIpc) is 2.82. The van der Waals surface area contributed by atoms with Crippen molar-refractivity contribution in [3.05, 3.63) is 29.8 Å². The fourth-order valence-electron chi connectivity index (χ4n) is 1.29. The maximum absolute atomic E-state index is 10.4. The standard InChI is InChI=1S/C11H11N3O2S/c15-10(16)4-6-13-11-12-5-3-8(14-11)9-2-1-7-17-9/h1-3,5,7H,4,6H2,(H,15,16)(H,12,13,14). The SMILES string of the molecule is O=C(O)CCNc1nccc(-c2cccs2)n1. The topological polar surface area (TPSA) is 75.1 Å². The van der Waals surface area contributed by atoms with Gasteiger partial charge < -0.3 is 10.4 Å². The van der Waals surface area contributed by atoms with Crippen molar-refractivity contribution < 1.29 is 9.90 Å². The predicted molar refractivity (Wildman–Crippen MR) is 66.1 cm³/mol. The number of carboxylic acid groups (broad SMARTS) is 1. The number of carbonyl (C=O) groups is 1. The van der Waals surface area contributed by atoms with Crippen LogP contribution in [-0.4, -0.2) is 27.6 Å². The Morgan fingerprint density at radius 1 is 1.47 bits per heavy atom. The van der Waals surface area contributed by atoms with E-state index in [1.807, 2.05) is 23.6 Å². The van der Waals surface area contributed by atoms with Gasteiger partial charge in [0.1, 0.15) is 0 Å². The highest BCUT2D eigenvalue weighted by atomic mass is 32.1. The Hall–Kier alpha value is -1.95. The first-order valence-electron chi connectivity index (χ1n) is 5.08. The number of hydrogen-bond acceptors (Lipinski definition) is 5. The third-order valence-electron chi connectivity index (χ3n) is 2.05. The second kappa shape index (κ2) is 5.40. The van der Waals surface area contributed by atoms with E-state index >= 15 is 0 Å². The molecule has 0 aliphatic rings. The lowest BCUT2D eigenvalue weighted by Crippen LogP contribution is -2.09. The van der Waals surface area contributed by atoms with Gasteiger partial charge in [-0.3, -0.25) is 4.79 Å². The summed E-state index contributed by atoms with van der Waals surface area (Å²) in [5, 5.41) is 13.4. The van der Waals surface area contributed by atoms with Gasteiger partial charge in [0.25, 0.3) is 0 Å². The Balaban J connectivity index is 2.04. The number of aromatic nitrogens is 2. The quantitative estimate of drug-likeness (QED) is 0.848. The molecule has 0 fully saturated rings. The van der Waals surface area contributed by atoms with Crippen molar-refractivity contribution in [3.8, 4) is 10.6 Å². The summed E-state index contributed by atoms with van der Waals surface area (Å²) in [5.74, 6) is -0.385. The summed E-state index contributed by atoms with van der Waals surface area (Å²) in [6.07, 6.45) is 1.71. The Kier molecular flexibility index (Phi) is 3.66. The van der Waals surface area contributed by atoms with Crippen LogP contribution < -0.4 is 5.32 Å². The van der Waals surface area contributed by atoms with Crippen LogP contribution in [0.5, 0.6) is 0 Å². The van der Waals surface area contributed by atoms with E-state index in [1.54, 1.807) is 17.5 Å². The number of nitrogens with one attached hydrogen (secondary N) is 1. The molecule has 2 N–H and O–H groups in total. The van der Waals surface area contributed by atoms with Gasteiger partial charge >= 0.3 is 5.97 Å². The minimum atomic E-state index is -0.841. The molecular weight excluding hydrogens is 238 g/mol. The molecule has 0 aromatic carbocycles. The van der Waals surface area contributed by atoms with Crippen molar-refractivity contribution >= 4 is 23.3 Å². The molecule has 0 aliphatic carbocycles. The summed E-state index contributed by atoms with van der Waals surface area (Å²) in [7, 11) is 0. The molecule has 2 rings (SSSR count). The van der Waals surface area contributed by atoms with Crippen molar-refractivity contribution in [1.29, 1.82) is 0 Å². The molecule has 0 saturated carbocycles. The van der Waals surface area contributed by atoms with E-state index in [9.17, 15) is 4.79 Å². The number of hydrogen-bond donors (Lipinski definition) is 2.